The van der Waals surface area contributed by atoms with Crippen molar-refractivity contribution in [3.63, 3.8) is 0 Å². The number of fused-ring (bicyclic) bond motifs is 2. The molecule has 0 aromatic carbocycles. The molecule has 0 heterocycles. The second-order valence-corrected chi connectivity index (χ2v) is 7.10. The van der Waals surface area contributed by atoms with E-state index in [-0.39, 0.29) is 37.6 Å². The first-order valence-corrected chi connectivity index (χ1v) is 7.42. The van der Waals surface area contributed by atoms with Crippen molar-refractivity contribution in [3.8, 4) is 0 Å². The van der Waals surface area contributed by atoms with Gasteiger partial charge in [0.25, 0.3) is 0 Å². The average Bonchev–Trinajstić information content (AvgIpc) is 2.49. The summed E-state index contributed by atoms with van der Waals surface area (Å²) < 4.78 is 0. The summed E-state index contributed by atoms with van der Waals surface area (Å²) in [5.74, 6) is 0.560. The summed E-state index contributed by atoms with van der Waals surface area (Å²) in [6.07, 6.45) is 1.79. The maximum Gasteiger partial charge on any atom is 0.0986 e. The molecule has 4 nitrogen and oxygen atoms in total. The van der Waals surface area contributed by atoms with Gasteiger partial charge in [0.05, 0.1) is 12.2 Å². The van der Waals surface area contributed by atoms with Crippen LogP contribution in [0.1, 0.15) is 33.6 Å². The minimum Gasteiger partial charge on any atom is -0.396 e. The van der Waals surface area contributed by atoms with Crippen molar-refractivity contribution in [1.29, 1.82) is 0 Å². The molecule has 112 valence electrons. The Morgan fingerprint density at radius 1 is 1.11 bits per heavy atom. The Morgan fingerprint density at radius 2 is 1.68 bits per heavy atom. The molecule has 2 fully saturated rings. The van der Waals surface area contributed by atoms with E-state index in [2.05, 4.69) is 13.8 Å². The molecule has 0 aromatic rings. The minimum absolute atomic E-state index is 0.0171. The third kappa shape index (κ3) is 1.80. The molecule has 0 aromatic heterocycles. The highest BCUT2D eigenvalue weighted by Gasteiger charge is 2.68. The Balaban J connectivity index is 2.49. The highest BCUT2D eigenvalue weighted by Crippen LogP contribution is 2.65. The topological polar surface area (TPSA) is 80.9 Å². The molecule has 0 amide bonds. The Kier molecular flexibility index (Phi) is 4.00. The van der Waals surface area contributed by atoms with E-state index in [1.807, 2.05) is 6.92 Å². The van der Waals surface area contributed by atoms with Crippen molar-refractivity contribution < 1.29 is 20.4 Å². The van der Waals surface area contributed by atoms with Crippen LogP contribution in [-0.4, -0.2) is 45.8 Å². The van der Waals surface area contributed by atoms with Gasteiger partial charge in [-0.2, -0.15) is 0 Å². The van der Waals surface area contributed by atoms with Crippen LogP contribution in [0.4, 0.5) is 0 Å². The number of rotatable bonds is 4. The van der Waals surface area contributed by atoms with Crippen molar-refractivity contribution in [2.75, 3.05) is 19.8 Å². The van der Waals surface area contributed by atoms with Gasteiger partial charge in [-0.25, -0.2) is 0 Å². The molecule has 4 N–H and O–H groups in total. The molecule has 6 atom stereocenters. The van der Waals surface area contributed by atoms with E-state index in [0.29, 0.717) is 11.8 Å². The summed E-state index contributed by atoms with van der Waals surface area (Å²) in [7, 11) is 0. The zero-order chi connectivity index (χ0) is 14.4. The lowest BCUT2D eigenvalue weighted by atomic mass is 9.60. The van der Waals surface area contributed by atoms with Crippen LogP contribution in [0.2, 0.25) is 0 Å². The van der Waals surface area contributed by atoms with Gasteiger partial charge in [-0.3, -0.25) is 0 Å². The molecule has 0 radical (unpaired) electrons. The predicted octanol–water partition coefficient (Wildman–Crippen LogP) is 0.629. The van der Waals surface area contributed by atoms with Crippen LogP contribution in [0.25, 0.3) is 0 Å². The van der Waals surface area contributed by atoms with Gasteiger partial charge in [0, 0.05) is 24.5 Å². The Labute approximate surface area is 115 Å². The lowest BCUT2D eigenvalue weighted by Crippen LogP contribution is -2.52. The highest BCUT2D eigenvalue weighted by molar-refractivity contribution is 5.17. The van der Waals surface area contributed by atoms with E-state index in [1.165, 1.54) is 0 Å². The Bertz CT molecular complexity index is 330. The zero-order valence-electron chi connectivity index (χ0n) is 12.2. The van der Waals surface area contributed by atoms with Gasteiger partial charge in [0.2, 0.25) is 0 Å². The van der Waals surface area contributed by atoms with Crippen LogP contribution in [0.3, 0.4) is 0 Å². The zero-order valence-corrected chi connectivity index (χ0v) is 12.2. The summed E-state index contributed by atoms with van der Waals surface area (Å²) >= 11 is 0. The minimum atomic E-state index is -1.27. The highest BCUT2D eigenvalue weighted by atomic mass is 16.3. The number of aliphatic hydroxyl groups excluding tert-OH is 3. The van der Waals surface area contributed by atoms with Crippen molar-refractivity contribution in [2.24, 2.45) is 35.0 Å². The van der Waals surface area contributed by atoms with E-state index < -0.39 is 11.0 Å². The van der Waals surface area contributed by atoms with Crippen LogP contribution in [0.5, 0.6) is 0 Å². The fourth-order valence-corrected chi connectivity index (χ4v) is 5.10. The van der Waals surface area contributed by atoms with Crippen molar-refractivity contribution in [3.05, 3.63) is 0 Å². The molecular weight excluding hydrogens is 244 g/mol. The summed E-state index contributed by atoms with van der Waals surface area (Å²) in [5.41, 5.74) is -1.77. The fourth-order valence-electron chi connectivity index (χ4n) is 5.10. The predicted molar refractivity (Wildman–Crippen MR) is 72.3 cm³/mol. The monoisotopic (exact) mass is 272 g/mol. The molecule has 0 aliphatic heterocycles. The van der Waals surface area contributed by atoms with Crippen molar-refractivity contribution in [2.45, 2.75) is 39.2 Å². The van der Waals surface area contributed by atoms with Gasteiger partial charge in [0.15, 0.2) is 0 Å². The first-order chi connectivity index (χ1) is 8.87. The average molecular weight is 272 g/mol. The Hall–Kier alpha value is -0.160. The largest absolute Gasteiger partial charge is 0.396 e. The maximum atomic E-state index is 11.0. The standard InChI is InChI=1S/C15H28O4/c1-9(2)10-4-5-14(3)11(6-16)13(10)12(7-17)15(14,19)8-18/h9-13,16-19H,4-8H2,1-3H3/t10-,11+,12-,13+,14-,15+/m1/s1. The van der Waals surface area contributed by atoms with Crippen LogP contribution >= 0.6 is 0 Å². The second kappa shape index (κ2) is 4.99. The molecule has 2 rings (SSSR count). The normalized spacial score (nSPS) is 49.9. The van der Waals surface area contributed by atoms with E-state index in [0.717, 1.165) is 12.8 Å². The number of hydrogen-bond donors (Lipinski definition) is 4. The van der Waals surface area contributed by atoms with E-state index in [1.54, 1.807) is 0 Å². The van der Waals surface area contributed by atoms with Crippen LogP contribution in [0.15, 0.2) is 0 Å². The van der Waals surface area contributed by atoms with Gasteiger partial charge in [0.1, 0.15) is 0 Å². The molecule has 2 aliphatic carbocycles. The summed E-state index contributed by atoms with van der Waals surface area (Å²) in [4.78, 5) is 0. The maximum absolute atomic E-state index is 11.0. The van der Waals surface area contributed by atoms with E-state index in [9.17, 15) is 20.4 Å². The first kappa shape index (κ1) is 15.2. The smallest absolute Gasteiger partial charge is 0.0986 e. The second-order valence-electron chi connectivity index (χ2n) is 7.10. The summed E-state index contributed by atoms with van der Waals surface area (Å²) in [6, 6.07) is 0. The van der Waals surface area contributed by atoms with Gasteiger partial charge in [-0.05, 0) is 36.5 Å². The van der Waals surface area contributed by atoms with E-state index in [4.69, 9.17) is 0 Å². The molecular formula is C15H28O4. The van der Waals surface area contributed by atoms with Crippen LogP contribution < -0.4 is 0 Å². The molecule has 19 heavy (non-hydrogen) atoms. The molecule has 0 spiro atoms. The third-order valence-electron chi connectivity index (χ3n) is 6.33. The SMILES string of the molecule is CC(C)[C@H]1CC[C@]2(C)[C@@H](CO)[C@H]1[C@@H](CO)[C@@]2(O)CO. The molecule has 0 unspecified atom stereocenters. The van der Waals surface area contributed by atoms with Crippen molar-refractivity contribution >= 4 is 0 Å². The number of aliphatic hydroxyl groups is 4. The van der Waals surface area contributed by atoms with E-state index >= 15 is 0 Å². The van der Waals surface area contributed by atoms with Gasteiger partial charge in [-0.15, -0.1) is 0 Å². The molecule has 0 saturated heterocycles. The van der Waals surface area contributed by atoms with Crippen LogP contribution in [-0.2, 0) is 0 Å². The quantitative estimate of drug-likeness (QED) is 0.605. The van der Waals surface area contributed by atoms with Gasteiger partial charge < -0.3 is 20.4 Å². The third-order valence-corrected chi connectivity index (χ3v) is 6.33. The van der Waals surface area contributed by atoms with Gasteiger partial charge >= 0.3 is 0 Å². The van der Waals surface area contributed by atoms with Gasteiger partial charge in [-0.1, -0.05) is 20.8 Å². The lowest BCUT2D eigenvalue weighted by molar-refractivity contribution is -0.139. The molecule has 2 saturated carbocycles. The first-order valence-electron chi connectivity index (χ1n) is 7.42. The summed E-state index contributed by atoms with van der Waals surface area (Å²) in [6.45, 7) is 5.83. The van der Waals surface area contributed by atoms with Crippen LogP contribution in [0, 0.1) is 35.0 Å². The van der Waals surface area contributed by atoms with Crippen molar-refractivity contribution in [1.82, 2.24) is 0 Å². The number of hydrogen-bond acceptors (Lipinski definition) is 4. The Morgan fingerprint density at radius 3 is 2.11 bits per heavy atom. The molecule has 4 heteroatoms. The molecule has 2 aliphatic rings. The lowest BCUT2D eigenvalue weighted by Gasteiger charge is -2.46. The fraction of sp³-hybridized carbons (Fsp3) is 1.00. The molecule has 2 bridgehead atoms. The summed E-state index contributed by atoms with van der Waals surface area (Å²) in [5, 5.41) is 40.3.